The van der Waals surface area contributed by atoms with Gasteiger partial charge in [0.15, 0.2) is 0 Å². The minimum absolute atomic E-state index is 0.380. The van der Waals surface area contributed by atoms with Gasteiger partial charge in [-0.3, -0.25) is 0 Å². The summed E-state index contributed by atoms with van der Waals surface area (Å²) in [5.41, 5.74) is 7.48. The number of halogens is 1. The highest BCUT2D eigenvalue weighted by atomic mass is 19.1. The molecule has 0 heterocycles. The summed E-state index contributed by atoms with van der Waals surface area (Å²) in [6.45, 7) is 0. The molecule has 0 aromatic heterocycles. The molecule has 0 aliphatic heterocycles. The van der Waals surface area contributed by atoms with Crippen molar-refractivity contribution in [2.24, 2.45) is 5.73 Å². The maximum absolute atomic E-state index is 13.6. The molecule has 0 aliphatic rings. The van der Waals surface area contributed by atoms with Crippen LogP contribution in [0, 0.1) is 5.82 Å². The standard InChI is InChI=1S/C16H18FNO3/c1-19-12-8-7-10(17)9-11(12)16(18)15-13(20-2)5-4-6-14(15)21-3/h4-9,16H,18H2,1-3H3. The molecule has 112 valence electrons. The lowest BCUT2D eigenvalue weighted by atomic mass is 9.96. The van der Waals surface area contributed by atoms with Crippen molar-refractivity contribution in [3.8, 4) is 17.2 Å². The van der Waals surface area contributed by atoms with E-state index in [4.69, 9.17) is 19.9 Å². The maximum atomic E-state index is 13.6. The summed E-state index contributed by atoms with van der Waals surface area (Å²) < 4.78 is 29.5. The molecule has 4 nitrogen and oxygen atoms in total. The molecule has 1 atom stereocenters. The van der Waals surface area contributed by atoms with Crippen molar-refractivity contribution in [2.75, 3.05) is 21.3 Å². The Morgan fingerprint density at radius 2 is 1.48 bits per heavy atom. The van der Waals surface area contributed by atoms with Crippen molar-refractivity contribution >= 4 is 0 Å². The van der Waals surface area contributed by atoms with Crippen molar-refractivity contribution in [3.63, 3.8) is 0 Å². The molecular weight excluding hydrogens is 273 g/mol. The van der Waals surface area contributed by atoms with E-state index in [2.05, 4.69) is 0 Å². The summed E-state index contributed by atoms with van der Waals surface area (Å²) in [6.07, 6.45) is 0. The van der Waals surface area contributed by atoms with Crippen LogP contribution in [0.3, 0.4) is 0 Å². The third kappa shape index (κ3) is 2.92. The Morgan fingerprint density at radius 3 is 2.00 bits per heavy atom. The molecule has 0 spiro atoms. The zero-order valence-corrected chi connectivity index (χ0v) is 12.2. The summed E-state index contributed by atoms with van der Waals surface area (Å²) >= 11 is 0. The summed E-state index contributed by atoms with van der Waals surface area (Å²) in [7, 11) is 4.62. The molecular formula is C16H18FNO3. The van der Waals surface area contributed by atoms with E-state index < -0.39 is 6.04 Å². The number of methoxy groups -OCH3 is 3. The predicted molar refractivity (Wildman–Crippen MR) is 78.5 cm³/mol. The second-order valence-corrected chi connectivity index (χ2v) is 4.44. The van der Waals surface area contributed by atoms with Gasteiger partial charge in [-0.15, -0.1) is 0 Å². The van der Waals surface area contributed by atoms with Gasteiger partial charge in [0.1, 0.15) is 23.1 Å². The lowest BCUT2D eigenvalue weighted by Gasteiger charge is -2.21. The largest absolute Gasteiger partial charge is 0.496 e. The molecule has 0 saturated heterocycles. The Bertz CT molecular complexity index is 609. The van der Waals surface area contributed by atoms with Gasteiger partial charge < -0.3 is 19.9 Å². The predicted octanol–water partition coefficient (Wildman–Crippen LogP) is 2.90. The van der Waals surface area contributed by atoms with Gasteiger partial charge >= 0.3 is 0 Å². The average molecular weight is 291 g/mol. The Morgan fingerprint density at radius 1 is 0.905 bits per heavy atom. The van der Waals surface area contributed by atoms with Crippen LogP contribution in [0.15, 0.2) is 36.4 Å². The molecule has 1 unspecified atom stereocenters. The summed E-state index contributed by atoms with van der Waals surface area (Å²) in [4.78, 5) is 0. The van der Waals surface area contributed by atoms with Gasteiger partial charge in [0.05, 0.1) is 32.9 Å². The van der Waals surface area contributed by atoms with Crippen LogP contribution >= 0.6 is 0 Å². The van der Waals surface area contributed by atoms with E-state index in [-0.39, 0.29) is 5.82 Å². The Kier molecular flexibility index (Phi) is 4.65. The van der Waals surface area contributed by atoms with Gasteiger partial charge in [-0.25, -0.2) is 4.39 Å². The van der Waals surface area contributed by atoms with Crippen LogP contribution in [0.4, 0.5) is 4.39 Å². The smallest absolute Gasteiger partial charge is 0.127 e. The van der Waals surface area contributed by atoms with Crippen molar-refractivity contribution in [1.82, 2.24) is 0 Å². The van der Waals surface area contributed by atoms with E-state index in [0.717, 1.165) is 0 Å². The summed E-state index contributed by atoms with van der Waals surface area (Å²) in [5.74, 6) is 1.29. The number of nitrogens with two attached hydrogens (primary N) is 1. The first-order valence-corrected chi connectivity index (χ1v) is 6.42. The SMILES string of the molecule is COc1ccc(F)cc1C(N)c1c(OC)cccc1OC. The molecule has 2 aromatic rings. The van der Waals surface area contributed by atoms with E-state index >= 15 is 0 Å². The molecule has 0 radical (unpaired) electrons. The lowest BCUT2D eigenvalue weighted by molar-refractivity contribution is 0.379. The van der Waals surface area contributed by atoms with Crippen molar-refractivity contribution in [1.29, 1.82) is 0 Å². The Balaban J connectivity index is 2.59. The highest BCUT2D eigenvalue weighted by Gasteiger charge is 2.22. The second-order valence-electron chi connectivity index (χ2n) is 4.44. The van der Waals surface area contributed by atoms with Gasteiger partial charge in [0.25, 0.3) is 0 Å². The van der Waals surface area contributed by atoms with Crippen molar-refractivity contribution in [3.05, 3.63) is 53.3 Å². The minimum Gasteiger partial charge on any atom is -0.496 e. The Labute approximate surface area is 123 Å². The zero-order chi connectivity index (χ0) is 15.4. The highest BCUT2D eigenvalue weighted by molar-refractivity contribution is 5.52. The highest BCUT2D eigenvalue weighted by Crippen LogP contribution is 2.38. The van der Waals surface area contributed by atoms with Crippen molar-refractivity contribution in [2.45, 2.75) is 6.04 Å². The van der Waals surface area contributed by atoms with Crippen LogP contribution in [-0.2, 0) is 0 Å². The molecule has 0 saturated carbocycles. The quantitative estimate of drug-likeness (QED) is 0.920. The third-order valence-corrected chi connectivity index (χ3v) is 3.30. The zero-order valence-electron chi connectivity index (χ0n) is 12.2. The van der Waals surface area contributed by atoms with Crippen LogP contribution in [0.1, 0.15) is 17.2 Å². The van der Waals surface area contributed by atoms with E-state index in [1.807, 2.05) is 0 Å². The van der Waals surface area contributed by atoms with Gasteiger partial charge in [0.2, 0.25) is 0 Å². The molecule has 0 aliphatic carbocycles. The Hall–Kier alpha value is -2.27. The fraction of sp³-hybridized carbons (Fsp3) is 0.250. The van der Waals surface area contributed by atoms with Crippen LogP contribution in [0.5, 0.6) is 17.2 Å². The molecule has 2 rings (SSSR count). The first-order valence-electron chi connectivity index (χ1n) is 6.42. The first-order chi connectivity index (χ1) is 10.1. The minimum atomic E-state index is -0.637. The normalized spacial score (nSPS) is 11.9. The molecule has 0 fully saturated rings. The van der Waals surface area contributed by atoms with E-state index in [1.54, 1.807) is 38.5 Å². The van der Waals surface area contributed by atoms with Crippen LogP contribution in [0.2, 0.25) is 0 Å². The average Bonchev–Trinajstić information content (AvgIpc) is 2.53. The van der Waals surface area contributed by atoms with E-state index in [0.29, 0.717) is 28.4 Å². The molecule has 0 bridgehead atoms. The summed E-state index contributed by atoms with van der Waals surface area (Å²) in [5, 5.41) is 0. The number of hydrogen-bond donors (Lipinski definition) is 1. The number of hydrogen-bond acceptors (Lipinski definition) is 4. The van der Waals surface area contributed by atoms with Crippen molar-refractivity contribution < 1.29 is 18.6 Å². The first kappa shape index (κ1) is 15.1. The van der Waals surface area contributed by atoms with Crippen LogP contribution in [-0.4, -0.2) is 21.3 Å². The second kappa shape index (κ2) is 6.45. The monoisotopic (exact) mass is 291 g/mol. The maximum Gasteiger partial charge on any atom is 0.127 e. The fourth-order valence-electron chi connectivity index (χ4n) is 2.29. The van der Waals surface area contributed by atoms with Gasteiger partial charge in [0, 0.05) is 5.56 Å². The summed E-state index contributed by atoms with van der Waals surface area (Å²) in [6, 6.07) is 8.96. The number of rotatable bonds is 5. The molecule has 0 amide bonds. The van der Waals surface area contributed by atoms with Gasteiger partial charge in [-0.2, -0.15) is 0 Å². The topological polar surface area (TPSA) is 53.7 Å². The van der Waals surface area contributed by atoms with Gasteiger partial charge in [-0.05, 0) is 30.3 Å². The third-order valence-electron chi connectivity index (χ3n) is 3.30. The molecule has 21 heavy (non-hydrogen) atoms. The van der Waals surface area contributed by atoms with E-state index in [1.165, 1.54) is 19.2 Å². The molecule has 2 aromatic carbocycles. The number of benzene rings is 2. The fourth-order valence-corrected chi connectivity index (χ4v) is 2.29. The number of ether oxygens (including phenoxy) is 3. The lowest BCUT2D eigenvalue weighted by Crippen LogP contribution is -2.15. The van der Waals surface area contributed by atoms with E-state index in [9.17, 15) is 4.39 Å². The molecule has 5 heteroatoms. The van der Waals surface area contributed by atoms with Crippen LogP contribution in [0.25, 0.3) is 0 Å². The molecule has 2 N–H and O–H groups in total. The van der Waals surface area contributed by atoms with Gasteiger partial charge in [-0.1, -0.05) is 6.07 Å². The van der Waals surface area contributed by atoms with Crippen LogP contribution < -0.4 is 19.9 Å².